The summed E-state index contributed by atoms with van der Waals surface area (Å²) >= 11 is 18.7. The average Bonchev–Trinajstić information content (AvgIpc) is 3.07. The van der Waals surface area contributed by atoms with E-state index in [-0.39, 0.29) is 18.4 Å². The third-order valence-corrected chi connectivity index (χ3v) is 6.73. The maximum Gasteiger partial charge on any atom is 0.270 e. The van der Waals surface area contributed by atoms with Crippen LogP contribution in [0.3, 0.4) is 0 Å². The largest absolute Gasteiger partial charge is 0.484 e. The summed E-state index contributed by atoms with van der Waals surface area (Å²) in [5.74, 6) is -0.0518. The van der Waals surface area contributed by atoms with Gasteiger partial charge in [-0.2, -0.15) is 0 Å². The number of hydrogen-bond acceptors (Lipinski definition) is 5. The highest BCUT2D eigenvalue weighted by atomic mass is 35.5. The molecule has 0 atom stereocenters. The predicted molar refractivity (Wildman–Crippen MR) is 144 cm³/mol. The number of carbonyl (C=O) groups excluding carboxylic acids is 2. The first-order valence-corrected chi connectivity index (χ1v) is 12.1. The van der Waals surface area contributed by atoms with Crippen LogP contribution < -0.4 is 15.0 Å². The molecule has 0 aromatic heterocycles. The molecule has 1 saturated heterocycles. The fourth-order valence-electron chi connectivity index (χ4n) is 3.26. The highest BCUT2D eigenvalue weighted by Gasteiger charge is 2.33. The van der Waals surface area contributed by atoms with E-state index in [1.807, 2.05) is 37.3 Å². The Hall–Kier alpha value is -2.84. The molecule has 1 N–H and O–H groups in total. The molecule has 1 aliphatic heterocycles. The van der Waals surface area contributed by atoms with E-state index in [0.717, 1.165) is 16.8 Å². The fraction of sp³-hybridized carbons (Fsp3) is 0.0800. The number of carbonyl (C=O) groups is 2. The van der Waals surface area contributed by atoms with Gasteiger partial charge in [-0.3, -0.25) is 14.5 Å². The molecule has 3 aromatic carbocycles. The molecule has 3 aromatic rings. The molecule has 1 fully saturated rings. The van der Waals surface area contributed by atoms with Crippen molar-refractivity contribution in [3.05, 3.63) is 92.8 Å². The lowest BCUT2D eigenvalue weighted by molar-refractivity contribution is -0.118. The first-order chi connectivity index (χ1) is 16.3. The zero-order chi connectivity index (χ0) is 24.2. The van der Waals surface area contributed by atoms with Gasteiger partial charge in [0, 0.05) is 5.02 Å². The first kappa shape index (κ1) is 24.3. The topological polar surface area (TPSA) is 58.6 Å². The molecule has 34 heavy (non-hydrogen) atoms. The lowest BCUT2D eigenvalue weighted by Crippen LogP contribution is -2.28. The van der Waals surface area contributed by atoms with Gasteiger partial charge < -0.3 is 10.1 Å². The third-order valence-electron chi connectivity index (χ3n) is 4.88. The Morgan fingerprint density at radius 3 is 2.68 bits per heavy atom. The lowest BCUT2D eigenvalue weighted by Gasteiger charge is -2.16. The third kappa shape index (κ3) is 5.62. The molecule has 1 heterocycles. The van der Waals surface area contributed by atoms with E-state index in [9.17, 15) is 9.59 Å². The van der Waals surface area contributed by atoms with E-state index in [0.29, 0.717) is 30.7 Å². The van der Waals surface area contributed by atoms with Crippen molar-refractivity contribution in [1.29, 1.82) is 0 Å². The second-order valence-corrected chi connectivity index (χ2v) is 9.86. The van der Waals surface area contributed by atoms with Crippen molar-refractivity contribution in [1.82, 2.24) is 0 Å². The summed E-state index contributed by atoms with van der Waals surface area (Å²) in [5, 5.41) is 3.50. The minimum absolute atomic E-state index is 0.171. The van der Waals surface area contributed by atoms with E-state index >= 15 is 0 Å². The Bertz CT molecular complexity index is 1330. The van der Waals surface area contributed by atoms with E-state index in [2.05, 4.69) is 5.32 Å². The molecule has 0 aliphatic carbocycles. The van der Waals surface area contributed by atoms with Crippen molar-refractivity contribution in [2.45, 2.75) is 6.92 Å². The Morgan fingerprint density at radius 2 is 1.91 bits per heavy atom. The summed E-state index contributed by atoms with van der Waals surface area (Å²) in [7, 11) is 0. The van der Waals surface area contributed by atoms with Crippen LogP contribution in [0.2, 0.25) is 10.0 Å². The van der Waals surface area contributed by atoms with Crippen LogP contribution in [0.5, 0.6) is 5.75 Å². The van der Waals surface area contributed by atoms with Crippen molar-refractivity contribution < 1.29 is 14.3 Å². The van der Waals surface area contributed by atoms with Crippen molar-refractivity contribution in [2.24, 2.45) is 0 Å². The van der Waals surface area contributed by atoms with Gasteiger partial charge in [0.15, 0.2) is 10.9 Å². The number of nitrogens with one attached hydrogen (secondary N) is 1. The Balaban J connectivity index is 1.43. The molecule has 0 radical (unpaired) electrons. The second kappa shape index (κ2) is 10.6. The summed E-state index contributed by atoms with van der Waals surface area (Å²) in [5.41, 5.74) is 2.94. The van der Waals surface area contributed by atoms with Crippen LogP contribution in [0.15, 0.2) is 71.6 Å². The van der Waals surface area contributed by atoms with Crippen LogP contribution in [0.1, 0.15) is 11.1 Å². The quantitative estimate of drug-likeness (QED) is 0.284. The highest BCUT2D eigenvalue weighted by Crippen LogP contribution is 2.37. The Morgan fingerprint density at radius 1 is 1.12 bits per heavy atom. The van der Waals surface area contributed by atoms with E-state index in [4.69, 9.17) is 40.2 Å². The SMILES string of the molecule is Cc1ccccc1N1C(=O)/C(=C/c2cccc(OCC(=O)Nc3ccc(Cl)cc3Cl)c2)SC1=S. The molecule has 2 amide bonds. The molecule has 0 saturated carbocycles. The van der Waals surface area contributed by atoms with E-state index in [1.54, 1.807) is 47.4 Å². The minimum atomic E-state index is -0.367. The number of para-hydroxylation sites is 1. The summed E-state index contributed by atoms with van der Waals surface area (Å²) in [6.45, 7) is 1.73. The normalized spacial score (nSPS) is 14.6. The van der Waals surface area contributed by atoms with Gasteiger partial charge in [-0.15, -0.1) is 0 Å². The van der Waals surface area contributed by atoms with Crippen LogP contribution in [-0.2, 0) is 9.59 Å². The number of anilines is 2. The summed E-state index contributed by atoms with van der Waals surface area (Å²) in [6.07, 6.45) is 1.76. The number of benzene rings is 3. The molecule has 172 valence electrons. The zero-order valence-electron chi connectivity index (χ0n) is 17.9. The molecule has 5 nitrogen and oxygen atoms in total. The molecule has 0 spiro atoms. The maximum absolute atomic E-state index is 13.0. The monoisotopic (exact) mass is 528 g/mol. The van der Waals surface area contributed by atoms with Crippen molar-refractivity contribution >= 4 is 80.8 Å². The number of thioether (sulfide) groups is 1. The molecular formula is C25H18Cl2N2O3S2. The Kier molecular flexibility index (Phi) is 7.58. The number of aryl methyl sites for hydroxylation is 1. The van der Waals surface area contributed by atoms with Crippen molar-refractivity contribution in [2.75, 3.05) is 16.8 Å². The molecule has 0 bridgehead atoms. The predicted octanol–water partition coefficient (Wildman–Crippen LogP) is 6.73. The van der Waals surface area contributed by atoms with Gasteiger partial charge in [-0.1, -0.05) is 77.5 Å². The van der Waals surface area contributed by atoms with Gasteiger partial charge in [0.25, 0.3) is 11.8 Å². The fourth-order valence-corrected chi connectivity index (χ4v) is 5.00. The molecular weight excluding hydrogens is 511 g/mol. The minimum Gasteiger partial charge on any atom is -0.484 e. The number of rotatable bonds is 6. The zero-order valence-corrected chi connectivity index (χ0v) is 21.0. The summed E-state index contributed by atoms with van der Waals surface area (Å²) in [6, 6.07) is 19.5. The first-order valence-electron chi connectivity index (χ1n) is 10.1. The van der Waals surface area contributed by atoms with Gasteiger partial charge >= 0.3 is 0 Å². The number of halogens is 2. The number of nitrogens with zero attached hydrogens (tertiary/aromatic N) is 1. The number of thiocarbonyl (C=S) groups is 1. The molecule has 4 rings (SSSR count). The Labute approximate surface area is 216 Å². The summed E-state index contributed by atoms with van der Waals surface area (Å²) in [4.78, 5) is 27.4. The van der Waals surface area contributed by atoms with E-state index in [1.165, 1.54) is 11.8 Å². The number of hydrogen-bond donors (Lipinski definition) is 1. The maximum atomic E-state index is 13.0. The van der Waals surface area contributed by atoms with Gasteiger partial charge in [-0.25, -0.2) is 0 Å². The standard InChI is InChI=1S/C25H18Cl2N2O3S2/c1-15-5-2-3-8-21(15)29-24(31)22(34-25(29)33)12-16-6-4-7-18(11-16)32-14-23(30)28-20-10-9-17(26)13-19(20)27/h2-13H,14H2,1H3,(H,28,30)/b22-12-. The molecule has 0 unspecified atom stereocenters. The van der Waals surface area contributed by atoms with Crippen molar-refractivity contribution in [3.63, 3.8) is 0 Å². The smallest absolute Gasteiger partial charge is 0.270 e. The van der Waals surface area contributed by atoms with Gasteiger partial charge in [0.1, 0.15) is 5.75 Å². The van der Waals surface area contributed by atoms with Crippen LogP contribution >= 0.6 is 47.2 Å². The van der Waals surface area contributed by atoms with Crippen LogP contribution in [-0.4, -0.2) is 22.7 Å². The van der Waals surface area contributed by atoms with Crippen LogP contribution in [0.4, 0.5) is 11.4 Å². The van der Waals surface area contributed by atoms with Gasteiger partial charge in [0.2, 0.25) is 0 Å². The second-order valence-electron chi connectivity index (χ2n) is 7.34. The van der Waals surface area contributed by atoms with Gasteiger partial charge in [-0.05, 0) is 60.5 Å². The number of amides is 2. The number of ether oxygens (including phenoxy) is 1. The van der Waals surface area contributed by atoms with Gasteiger partial charge in [0.05, 0.1) is 21.3 Å². The lowest BCUT2D eigenvalue weighted by atomic mass is 10.1. The summed E-state index contributed by atoms with van der Waals surface area (Å²) < 4.78 is 6.11. The molecule has 9 heteroatoms. The van der Waals surface area contributed by atoms with E-state index < -0.39 is 0 Å². The molecule has 1 aliphatic rings. The average molecular weight is 529 g/mol. The van der Waals surface area contributed by atoms with Crippen molar-refractivity contribution in [3.8, 4) is 5.75 Å². The van der Waals surface area contributed by atoms with Crippen LogP contribution in [0, 0.1) is 6.92 Å². The highest BCUT2D eigenvalue weighted by molar-refractivity contribution is 8.27. The van der Waals surface area contributed by atoms with Crippen LogP contribution in [0.25, 0.3) is 6.08 Å².